The lowest BCUT2D eigenvalue weighted by Crippen LogP contribution is -2.43. The zero-order chi connectivity index (χ0) is 22.6. The summed E-state index contributed by atoms with van der Waals surface area (Å²) in [6, 6.07) is 6.53. The van der Waals surface area contributed by atoms with Crippen molar-refractivity contribution in [3.63, 3.8) is 0 Å². The minimum Gasteiger partial charge on any atom is -0.494 e. The Balaban J connectivity index is 1.36. The third-order valence-corrected chi connectivity index (χ3v) is 7.02. The maximum absolute atomic E-state index is 5.70. The van der Waals surface area contributed by atoms with Gasteiger partial charge in [-0.05, 0) is 31.2 Å². The molecule has 176 valence electrons. The van der Waals surface area contributed by atoms with E-state index in [2.05, 4.69) is 53.2 Å². The zero-order valence-electron chi connectivity index (χ0n) is 19.0. The van der Waals surface area contributed by atoms with Gasteiger partial charge in [-0.3, -0.25) is 0 Å². The molecule has 2 aliphatic heterocycles. The molecule has 33 heavy (non-hydrogen) atoms. The number of nitrogens with zero attached hydrogens (tertiary/aromatic N) is 5. The van der Waals surface area contributed by atoms with Crippen molar-refractivity contribution in [2.45, 2.75) is 18.9 Å². The molecule has 0 spiro atoms. The molecule has 1 aromatic carbocycles. The summed E-state index contributed by atoms with van der Waals surface area (Å²) in [5.41, 5.74) is 3.39. The van der Waals surface area contributed by atoms with Crippen LogP contribution in [-0.2, 0) is 4.74 Å². The van der Waals surface area contributed by atoms with Crippen LogP contribution in [-0.4, -0.2) is 83.0 Å². The van der Waals surface area contributed by atoms with Crippen molar-refractivity contribution in [1.29, 1.82) is 0 Å². The highest BCUT2D eigenvalue weighted by Crippen LogP contribution is 2.33. The third kappa shape index (κ3) is 4.94. The van der Waals surface area contributed by atoms with Gasteiger partial charge in [-0.15, -0.1) is 0 Å². The number of fused-ring (bicyclic) bond motifs is 1. The number of hydrogen-bond acceptors (Lipinski definition) is 10. The van der Waals surface area contributed by atoms with Gasteiger partial charge in [0.2, 0.25) is 5.95 Å². The number of rotatable bonds is 7. The first-order chi connectivity index (χ1) is 16.2. The average molecular weight is 471 g/mol. The summed E-state index contributed by atoms with van der Waals surface area (Å²) in [4.78, 5) is 19.2. The van der Waals surface area contributed by atoms with Gasteiger partial charge in [0.05, 0.1) is 19.1 Å². The van der Waals surface area contributed by atoms with E-state index in [-0.39, 0.29) is 0 Å². The third-order valence-electron chi connectivity index (χ3n) is 6.14. The van der Waals surface area contributed by atoms with E-state index in [0.29, 0.717) is 17.6 Å². The molecule has 2 aromatic heterocycles. The second-order valence-corrected chi connectivity index (χ2v) is 9.02. The predicted octanol–water partition coefficient (Wildman–Crippen LogP) is 3.10. The lowest BCUT2D eigenvalue weighted by molar-refractivity contribution is 0.0904. The lowest BCUT2D eigenvalue weighted by atomic mass is 10.1. The Bertz CT molecular complexity index is 1080. The monoisotopic (exact) mass is 470 g/mol. The number of piperazine rings is 1. The molecular formula is C22H30N8O2S. The number of benzene rings is 1. The van der Waals surface area contributed by atoms with E-state index < -0.39 is 0 Å². The molecule has 0 amide bonds. The molecule has 0 aliphatic carbocycles. The van der Waals surface area contributed by atoms with Crippen LogP contribution in [0.25, 0.3) is 11.2 Å². The van der Waals surface area contributed by atoms with Gasteiger partial charge in [-0.25, -0.2) is 9.29 Å². The SMILES string of the molecule is COc1cc(N2CCN(SC)CC2)ccc1Nc1nc(NC2CCOCC2)c2[nH]cnc2n1. The smallest absolute Gasteiger partial charge is 0.231 e. The molecule has 2 saturated heterocycles. The second kappa shape index (κ2) is 10.0. The van der Waals surface area contributed by atoms with Crippen LogP contribution in [0.3, 0.4) is 0 Å². The number of anilines is 4. The molecule has 10 nitrogen and oxygen atoms in total. The maximum atomic E-state index is 5.70. The van der Waals surface area contributed by atoms with Gasteiger partial charge in [0, 0.05) is 57.2 Å². The van der Waals surface area contributed by atoms with Gasteiger partial charge in [0.25, 0.3) is 0 Å². The first-order valence-electron chi connectivity index (χ1n) is 11.3. The van der Waals surface area contributed by atoms with Crippen molar-refractivity contribution in [3.8, 4) is 5.75 Å². The van der Waals surface area contributed by atoms with Crippen molar-refractivity contribution in [1.82, 2.24) is 24.2 Å². The zero-order valence-corrected chi connectivity index (χ0v) is 19.8. The van der Waals surface area contributed by atoms with E-state index >= 15 is 0 Å². The van der Waals surface area contributed by atoms with Gasteiger partial charge in [0.1, 0.15) is 11.3 Å². The summed E-state index contributed by atoms with van der Waals surface area (Å²) >= 11 is 1.81. The molecule has 0 radical (unpaired) electrons. The number of aromatic amines is 1. The summed E-state index contributed by atoms with van der Waals surface area (Å²) in [6.07, 6.45) is 5.67. The van der Waals surface area contributed by atoms with Gasteiger partial charge in [-0.1, -0.05) is 11.9 Å². The predicted molar refractivity (Wildman–Crippen MR) is 133 cm³/mol. The highest BCUT2D eigenvalue weighted by molar-refractivity contribution is 7.96. The first-order valence-corrected chi connectivity index (χ1v) is 12.5. The number of imidazole rings is 1. The van der Waals surface area contributed by atoms with Gasteiger partial charge in [0.15, 0.2) is 11.5 Å². The molecule has 2 aliphatic rings. The largest absolute Gasteiger partial charge is 0.494 e. The highest BCUT2D eigenvalue weighted by Gasteiger charge is 2.20. The van der Waals surface area contributed by atoms with Crippen LogP contribution in [0.2, 0.25) is 0 Å². The lowest BCUT2D eigenvalue weighted by Gasteiger charge is -2.35. The second-order valence-electron chi connectivity index (χ2n) is 8.14. The molecule has 3 aromatic rings. The Kier molecular flexibility index (Phi) is 6.70. The average Bonchev–Trinajstić information content (AvgIpc) is 3.34. The normalized spacial score (nSPS) is 17.9. The fourth-order valence-corrected chi connectivity index (χ4v) is 4.79. The summed E-state index contributed by atoms with van der Waals surface area (Å²) in [6.45, 7) is 5.60. The van der Waals surface area contributed by atoms with Gasteiger partial charge < -0.3 is 30.0 Å². The molecular weight excluding hydrogens is 440 g/mol. The Hall–Kier alpha value is -2.76. The minimum absolute atomic E-state index is 0.313. The van der Waals surface area contributed by atoms with Crippen molar-refractivity contribution < 1.29 is 9.47 Å². The fourth-order valence-electron chi connectivity index (χ4n) is 4.26. The van der Waals surface area contributed by atoms with Gasteiger partial charge >= 0.3 is 0 Å². The topological polar surface area (TPSA) is 103 Å². The molecule has 4 heterocycles. The number of H-pyrrole nitrogens is 1. The molecule has 0 atom stereocenters. The van der Waals surface area contributed by atoms with Crippen LogP contribution in [0.4, 0.5) is 23.1 Å². The Morgan fingerprint density at radius 2 is 1.97 bits per heavy atom. The first kappa shape index (κ1) is 22.1. The Morgan fingerprint density at radius 3 is 2.73 bits per heavy atom. The Morgan fingerprint density at radius 1 is 1.15 bits per heavy atom. The summed E-state index contributed by atoms with van der Waals surface area (Å²) in [7, 11) is 1.69. The van der Waals surface area contributed by atoms with Crippen molar-refractivity contribution in [2.75, 3.05) is 68.3 Å². The van der Waals surface area contributed by atoms with Gasteiger partial charge in [-0.2, -0.15) is 9.97 Å². The van der Waals surface area contributed by atoms with Crippen LogP contribution < -0.4 is 20.3 Å². The van der Waals surface area contributed by atoms with E-state index in [9.17, 15) is 0 Å². The summed E-state index contributed by atoms with van der Waals surface area (Å²) in [5, 5.41) is 6.87. The van der Waals surface area contributed by atoms with Crippen molar-refractivity contribution in [3.05, 3.63) is 24.5 Å². The van der Waals surface area contributed by atoms with E-state index in [1.807, 2.05) is 6.07 Å². The van der Waals surface area contributed by atoms with Crippen LogP contribution in [0.1, 0.15) is 12.8 Å². The van der Waals surface area contributed by atoms with E-state index in [1.54, 1.807) is 25.4 Å². The van der Waals surface area contributed by atoms with Crippen molar-refractivity contribution >= 4 is 46.3 Å². The Labute approximate surface area is 197 Å². The number of nitrogens with one attached hydrogen (secondary N) is 3. The molecule has 2 fully saturated rings. The maximum Gasteiger partial charge on any atom is 0.231 e. The van der Waals surface area contributed by atoms with Crippen LogP contribution in [0, 0.1) is 0 Å². The summed E-state index contributed by atoms with van der Waals surface area (Å²) in [5.74, 6) is 1.97. The highest BCUT2D eigenvalue weighted by atomic mass is 32.2. The number of hydrogen-bond donors (Lipinski definition) is 3. The molecule has 0 bridgehead atoms. The minimum atomic E-state index is 0.313. The molecule has 3 N–H and O–H groups in total. The van der Waals surface area contributed by atoms with E-state index in [4.69, 9.17) is 14.5 Å². The number of ether oxygens (including phenoxy) is 2. The van der Waals surface area contributed by atoms with E-state index in [1.165, 1.54) is 0 Å². The quantitative estimate of drug-likeness (QED) is 0.446. The van der Waals surface area contributed by atoms with Crippen LogP contribution >= 0.6 is 11.9 Å². The summed E-state index contributed by atoms with van der Waals surface area (Å²) < 4.78 is 13.6. The van der Waals surface area contributed by atoms with E-state index in [0.717, 1.165) is 80.7 Å². The number of methoxy groups -OCH3 is 1. The van der Waals surface area contributed by atoms with Crippen LogP contribution in [0.5, 0.6) is 5.75 Å². The molecule has 5 rings (SSSR count). The van der Waals surface area contributed by atoms with Crippen LogP contribution in [0.15, 0.2) is 24.5 Å². The molecule has 0 unspecified atom stereocenters. The fraction of sp³-hybridized carbons (Fsp3) is 0.500. The number of aromatic nitrogens is 4. The molecule has 0 saturated carbocycles. The van der Waals surface area contributed by atoms with Crippen molar-refractivity contribution in [2.24, 2.45) is 0 Å². The standard InChI is InChI=1S/C22H30N8O2S/c1-31-18-13-16(29-7-9-30(33-2)10-8-29)3-4-17(18)26-22-27-20-19(23-14-24-20)21(28-22)25-15-5-11-32-12-6-15/h3-4,13-15H,5-12H2,1-2H3,(H3,23,24,25,26,27,28). The molecule has 11 heteroatoms.